The number of fused-ring (bicyclic) bond motifs is 1. The normalized spacial score (nSPS) is 11.0. The second-order valence-electron chi connectivity index (χ2n) is 5.77. The molecule has 0 aliphatic carbocycles. The van der Waals surface area contributed by atoms with Crippen LogP contribution in [-0.4, -0.2) is 31.2 Å². The van der Waals surface area contributed by atoms with E-state index in [1.54, 1.807) is 30.3 Å². The third kappa shape index (κ3) is 2.76. The predicted molar refractivity (Wildman–Crippen MR) is 91.9 cm³/mol. The minimum atomic E-state index is -0.393. The largest absolute Gasteiger partial charge is 0.423 e. The van der Waals surface area contributed by atoms with Crippen molar-refractivity contribution < 1.29 is 9.53 Å². The topological polar surface area (TPSA) is 85.7 Å². The Bertz CT molecular complexity index is 1050. The van der Waals surface area contributed by atoms with Crippen molar-refractivity contribution in [2.24, 2.45) is 0 Å². The highest BCUT2D eigenvalue weighted by Gasteiger charge is 2.12. The fourth-order valence-electron chi connectivity index (χ4n) is 2.70. The van der Waals surface area contributed by atoms with Gasteiger partial charge in [0.2, 0.25) is 0 Å². The van der Waals surface area contributed by atoms with Crippen molar-refractivity contribution in [3.8, 4) is 11.4 Å². The van der Waals surface area contributed by atoms with Gasteiger partial charge in [0.15, 0.2) is 0 Å². The molecule has 0 bridgehead atoms. The van der Waals surface area contributed by atoms with Crippen molar-refractivity contribution in [2.75, 3.05) is 0 Å². The molecular formula is C18H15N5O2. The molecule has 0 amide bonds. The molecule has 0 fully saturated rings. The number of nitrogens with one attached hydrogen (secondary N) is 1. The van der Waals surface area contributed by atoms with Gasteiger partial charge < -0.3 is 9.72 Å². The molecule has 0 aliphatic rings. The van der Waals surface area contributed by atoms with Crippen LogP contribution in [0.25, 0.3) is 16.6 Å². The summed E-state index contributed by atoms with van der Waals surface area (Å²) in [6.07, 6.45) is 1.50. The number of carbonyl (C=O) groups is 1. The molecular weight excluding hydrogens is 318 g/mol. The highest BCUT2D eigenvalue weighted by Crippen LogP contribution is 2.23. The van der Waals surface area contributed by atoms with E-state index in [4.69, 9.17) is 4.74 Å². The molecule has 2 aromatic carbocycles. The lowest BCUT2D eigenvalue weighted by Crippen LogP contribution is -2.08. The maximum absolute atomic E-state index is 12.4. The van der Waals surface area contributed by atoms with Crippen LogP contribution in [0.5, 0.6) is 5.75 Å². The number of aromatic amines is 1. The number of rotatable bonds is 3. The molecule has 0 saturated heterocycles. The highest BCUT2D eigenvalue weighted by atomic mass is 16.5. The Balaban J connectivity index is 1.56. The van der Waals surface area contributed by atoms with Gasteiger partial charge in [-0.3, -0.25) is 0 Å². The van der Waals surface area contributed by atoms with Gasteiger partial charge >= 0.3 is 5.97 Å². The molecule has 0 saturated carbocycles. The molecule has 0 atom stereocenters. The Hall–Kier alpha value is -3.48. The van der Waals surface area contributed by atoms with Crippen LogP contribution >= 0.6 is 0 Å². The number of H-pyrrole nitrogens is 1. The van der Waals surface area contributed by atoms with Gasteiger partial charge in [0.25, 0.3) is 0 Å². The molecule has 25 heavy (non-hydrogen) atoms. The van der Waals surface area contributed by atoms with Crippen molar-refractivity contribution in [2.45, 2.75) is 13.8 Å². The first kappa shape index (κ1) is 15.1. The zero-order chi connectivity index (χ0) is 17.4. The van der Waals surface area contributed by atoms with E-state index in [1.807, 2.05) is 26.0 Å². The molecule has 4 aromatic rings. The molecule has 124 valence electrons. The number of esters is 1. The van der Waals surface area contributed by atoms with Crippen molar-refractivity contribution in [1.29, 1.82) is 0 Å². The van der Waals surface area contributed by atoms with Gasteiger partial charge in [0.1, 0.15) is 12.1 Å². The van der Waals surface area contributed by atoms with E-state index < -0.39 is 5.97 Å². The third-order valence-corrected chi connectivity index (χ3v) is 4.20. The van der Waals surface area contributed by atoms with E-state index in [2.05, 4.69) is 20.5 Å². The van der Waals surface area contributed by atoms with E-state index in [1.165, 1.54) is 11.0 Å². The van der Waals surface area contributed by atoms with Crippen LogP contribution in [0.4, 0.5) is 0 Å². The molecule has 2 aromatic heterocycles. The first-order valence-corrected chi connectivity index (χ1v) is 7.76. The molecule has 7 heteroatoms. The predicted octanol–water partition coefficient (Wildman–Crippen LogP) is 2.98. The van der Waals surface area contributed by atoms with Gasteiger partial charge in [0.05, 0.1) is 11.3 Å². The number of hydrogen-bond donors (Lipinski definition) is 1. The second kappa shape index (κ2) is 5.86. The van der Waals surface area contributed by atoms with Gasteiger partial charge in [0, 0.05) is 16.6 Å². The maximum atomic E-state index is 12.4. The number of nitrogens with zero attached hydrogens (tertiary/aromatic N) is 4. The fraction of sp³-hybridized carbons (Fsp3) is 0.111. The number of tetrazole rings is 1. The Morgan fingerprint density at radius 2 is 1.92 bits per heavy atom. The van der Waals surface area contributed by atoms with E-state index in [0.717, 1.165) is 27.8 Å². The molecule has 1 N–H and O–H groups in total. The summed E-state index contributed by atoms with van der Waals surface area (Å²) in [4.78, 5) is 15.7. The van der Waals surface area contributed by atoms with Crippen molar-refractivity contribution in [1.82, 2.24) is 25.2 Å². The summed E-state index contributed by atoms with van der Waals surface area (Å²) >= 11 is 0. The first-order chi connectivity index (χ1) is 12.1. The molecule has 0 spiro atoms. The van der Waals surface area contributed by atoms with E-state index >= 15 is 0 Å². The minimum Gasteiger partial charge on any atom is -0.423 e. The van der Waals surface area contributed by atoms with Crippen molar-refractivity contribution in [3.63, 3.8) is 0 Å². The highest BCUT2D eigenvalue weighted by molar-refractivity contribution is 5.97. The van der Waals surface area contributed by atoms with E-state index in [0.29, 0.717) is 11.3 Å². The number of aromatic nitrogens is 5. The monoisotopic (exact) mass is 333 g/mol. The summed E-state index contributed by atoms with van der Waals surface area (Å²) in [5, 5.41) is 12.0. The van der Waals surface area contributed by atoms with Crippen molar-refractivity contribution in [3.05, 3.63) is 65.6 Å². The van der Waals surface area contributed by atoms with Gasteiger partial charge in [-0.15, -0.1) is 5.10 Å². The lowest BCUT2D eigenvalue weighted by molar-refractivity contribution is 0.0735. The van der Waals surface area contributed by atoms with Gasteiger partial charge in [-0.2, -0.15) is 0 Å². The summed E-state index contributed by atoms with van der Waals surface area (Å²) in [6.45, 7) is 4.04. The van der Waals surface area contributed by atoms with Crippen LogP contribution < -0.4 is 4.74 Å². The van der Waals surface area contributed by atoms with Crippen LogP contribution in [-0.2, 0) is 0 Å². The van der Waals surface area contributed by atoms with E-state index in [9.17, 15) is 4.79 Å². The van der Waals surface area contributed by atoms with Crippen LogP contribution in [0, 0.1) is 13.8 Å². The van der Waals surface area contributed by atoms with Crippen LogP contribution in [0.3, 0.4) is 0 Å². The lowest BCUT2D eigenvalue weighted by Gasteiger charge is -2.06. The summed E-state index contributed by atoms with van der Waals surface area (Å²) in [5.74, 6) is 0.0687. The third-order valence-electron chi connectivity index (χ3n) is 4.20. The molecule has 0 aliphatic heterocycles. The van der Waals surface area contributed by atoms with Gasteiger partial charge in [-0.25, -0.2) is 9.48 Å². The van der Waals surface area contributed by atoms with Crippen molar-refractivity contribution >= 4 is 16.9 Å². The number of hydrogen-bond acceptors (Lipinski definition) is 5. The Kier molecular flexibility index (Phi) is 3.53. The summed E-state index contributed by atoms with van der Waals surface area (Å²) in [7, 11) is 0. The number of carbonyl (C=O) groups excluding carboxylic acids is 1. The molecule has 2 heterocycles. The van der Waals surface area contributed by atoms with E-state index in [-0.39, 0.29) is 0 Å². The summed E-state index contributed by atoms with van der Waals surface area (Å²) in [6, 6.07) is 12.5. The molecule has 0 radical (unpaired) electrons. The number of benzene rings is 2. The minimum absolute atomic E-state index is 0.393. The summed E-state index contributed by atoms with van der Waals surface area (Å²) < 4.78 is 6.98. The maximum Gasteiger partial charge on any atom is 0.343 e. The molecule has 4 rings (SSSR count). The SMILES string of the molecule is Cc1[nH]c2ccc(C(=O)Oc3ccc(-n4cnnn4)cc3)cc2c1C. The average molecular weight is 333 g/mol. The Morgan fingerprint density at radius 1 is 1.12 bits per heavy atom. The number of aryl methyl sites for hydroxylation is 2. The molecule has 7 nitrogen and oxygen atoms in total. The number of ether oxygens (including phenoxy) is 1. The Labute approximate surface area is 143 Å². The summed E-state index contributed by atoms with van der Waals surface area (Å²) in [5.41, 5.74) is 4.54. The van der Waals surface area contributed by atoms with Crippen LogP contribution in [0.15, 0.2) is 48.8 Å². The Morgan fingerprint density at radius 3 is 2.64 bits per heavy atom. The zero-order valence-corrected chi connectivity index (χ0v) is 13.7. The van der Waals surface area contributed by atoms with Gasteiger partial charge in [-0.05, 0) is 72.3 Å². The average Bonchev–Trinajstić information content (AvgIpc) is 3.25. The first-order valence-electron chi connectivity index (χ1n) is 7.76. The standard InChI is InChI=1S/C18H15N5O2/c1-11-12(2)20-17-8-3-13(9-16(11)17)18(24)25-15-6-4-14(5-7-15)23-10-19-21-22-23/h3-10,20H,1-2H3. The smallest absolute Gasteiger partial charge is 0.343 e. The molecule has 0 unspecified atom stereocenters. The van der Waals surface area contributed by atoms with Crippen LogP contribution in [0.2, 0.25) is 0 Å². The van der Waals surface area contributed by atoms with Crippen LogP contribution in [0.1, 0.15) is 21.6 Å². The zero-order valence-electron chi connectivity index (χ0n) is 13.7. The van der Waals surface area contributed by atoms with Gasteiger partial charge in [-0.1, -0.05) is 0 Å². The quantitative estimate of drug-likeness (QED) is 0.460. The second-order valence-corrected chi connectivity index (χ2v) is 5.77. The fourth-order valence-corrected chi connectivity index (χ4v) is 2.70. The lowest BCUT2D eigenvalue weighted by atomic mass is 10.1.